The van der Waals surface area contributed by atoms with Gasteiger partial charge in [-0.15, -0.1) is 0 Å². The summed E-state index contributed by atoms with van der Waals surface area (Å²) >= 11 is 0. The fraction of sp³-hybridized carbons (Fsp3) is 0.0556. The third-order valence-corrected chi connectivity index (χ3v) is 3.87. The average Bonchev–Trinajstić information content (AvgIpc) is 3.39. The predicted octanol–water partition coefficient (Wildman–Crippen LogP) is 3.38. The largest absolute Gasteiger partial charge is 0.473 e. The first kappa shape index (κ1) is 16.5. The highest BCUT2D eigenvalue weighted by Crippen LogP contribution is 2.36. The van der Waals surface area contributed by atoms with Crippen LogP contribution in [0.2, 0.25) is 0 Å². The number of carbonyl (C=O) groups excluding carboxylic acids is 2. The van der Waals surface area contributed by atoms with E-state index in [4.69, 9.17) is 13.6 Å². The molecule has 0 saturated carbocycles. The van der Waals surface area contributed by atoms with Crippen molar-refractivity contribution in [1.82, 2.24) is 0 Å². The second kappa shape index (κ2) is 6.37. The molecule has 1 atom stereocenters. The van der Waals surface area contributed by atoms with Gasteiger partial charge in [0.25, 0.3) is 5.69 Å². The number of furan rings is 2. The molecule has 0 spiro atoms. The molecule has 0 fully saturated rings. The third-order valence-electron chi connectivity index (χ3n) is 3.87. The van der Waals surface area contributed by atoms with E-state index in [0.29, 0.717) is 0 Å². The van der Waals surface area contributed by atoms with Gasteiger partial charge < -0.3 is 13.6 Å². The van der Waals surface area contributed by atoms with Crippen LogP contribution < -0.4 is 4.74 Å². The van der Waals surface area contributed by atoms with Crippen LogP contribution in [0, 0.1) is 10.1 Å². The highest BCUT2D eigenvalue weighted by molar-refractivity contribution is 6.51. The van der Waals surface area contributed by atoms with E-state index in [9.17, 15) is 19.7 Å². The van der Waals surface area contributed by atoms with Gasteiger partial charge in [0.05, 0.1) is 23.5 Å². The first-order valence-electron chi connectivity index (χ1n) is 7.74. The van der Waals surface area contributed by atoms with Crippen molar-refractivity contribution in [3.8, 4) is 5.75 Å². The summed E-state index contributed by atoms with van der Waals surface area (Å²) in [4.78, 5) is 40.1. The van der Waals surface area contributed by atoms with E-state index in [0.717, 1.165) is 6.07 Å². The van der Waals surface area contributed by atoms with Gasteiger partial charge in [-0.3, -0.25) is 19.7 Å². The van der Waals surface area contributed by atoms with Crippen LogP contribution in [-0.2, 0) is 0 Å². The molecule has 3 aromatic rings. The summed E-state index contributed by atoms with van der Waals surface area (Å²) in [6.07, 6.45) is 1.20. The highest BCUT2D eigenvalue weighted by atomic mass is 16.6. The first-order chi connectivity index (χ1) is 13.0. The standard InChI is InChI=1S/C18H10N2O7/c21-16(12-3-1-7-25-12)15-18(17(22)13-4-2-8-26-13)27-14-9-10(20(23)24)5-6-11(14)19-15/h1-9,18H. The Morgan fingerprint density at radius 2 is 1.74 bits per heavy atom. The minimum absolute atomic E-state index is 0.0139. The number of aliphatic imine (C=N–C) groups is 1. The number of rotatable bonds is 5. The lowest BCUT2D eigenvalue weighted by atomic mass is 10.0. The molecule has 0 N–H and O–H groups in total. The van der Waals surface area contributed by atoms with E-state index in [1.54, 1.807) is 0 Å². The number of non-ortho nitro benzene ring substituents is 1. The van der Waals surface area contributed by atoms with Gasteiger partial charge in [0.15, 0.2) is 17.3 Å². The first-order valence-corrected chi connectivity index (χ1v) is 7.74. The van der Waals surface area contributed by atoms with Crippen LogP contribution in [0.4, 0.5) is 11.4 Å². The van der Waals surface area contributed by atoms with Crippen molar-refractivity contribution in [2.45, 2.75) is 6.10 Å². The summed E-state index contributed by atoms with van der Waals surface area (Å²) in [5.74, 6) is -1.30. The lowest BCUT2D eigenvalue weighted by Crippen LogP contribution is -2.41. The van der Waals surface area contributed by atoms with Crippen LogP contribution in [-0.4, -0.2) is 28.3 Å². The quantitative estimate of drug-likeness (QED) is 0.385. The van der Waals surface area contributed by atoms with Gasteiger partial charge in [-0.1, -0.05) is 0 Å². The summed E-state index contributed by atoms with van der Waals surface area (Å²) in [5, 5.41) is 11.0. The van der Waals surface area contributed by atoms with Gasteiger partial charge in [-0.25, -0.2) is 4.99 Å². The van der Waals surface area contributed by atoms with E-state index < -0.39 is 22.6 Å². The molecular formula is C18H10N2O7. The maximum absolute atomic E-state index is 12.8. The van der Waals surface area contributed by atoms with Crippen LogP contribution in [0.25, 0.3) is 0 Å². The second-order valence-corrected chi connectivity index (χ2v) is 5.55. The van der Waals surface area contributed by atoms with Crippen molar-refractivity contribution in [3.63, 3.8) is 0 Å². The number of ether oxygens (including phenoxy) is 1. The Morgan fingerprint density at radius 1 is 1.04 bits per heavy atom. The number of Topliss-reactive ketones (excluding diaryl/α,β-unsaturated/α-hetero) is 2. The molecular weight excluding hydrogens is 356 g/mol. The van der Waals surface area contributed by atoms with E-state index in [1.165, 1.54) is 48.9 Å². The van der Waals surface area contributed by atoms with E-state index in [2.05, 4.69) is 4.99 Å². The summed E-state index contributed by atoms with van der Waals surface area (Å²) < 4.78 is 15.8. The van der Waals surface area contributed by atoms with E-state index in [-0.39, 0.29) is 34.4 Å². The Bertz CT molecular complexity index is 1070. The molecule has 0 saturated heterocycles. The second-order valence-electron chi connectivity index (χ2n) is 5.55. The van der Waals surface area contributed by atoms with Crippen molar-refractivity contribution in [3.05, 3.63) is 76.6 Å². The molecule has 1 aromatic carbocycles. The van der Waals surface area contributed by atoms with Gasteiger partial charge >= 0.3 is 0 Å². The van der Waals surface area contributed by atoms with Crippen LogP contribution in [0.3, 0.4) is 0 Å². The Kier molecular flexibility index (Phi) is 3.88. The number of ketones is 2. The van der Waals surface area contributed by atoms with Crippen molar-refractivity contribution in [1.29, 1.82) is 0 Å². The van der Waals surface area contributed by atoms with Gasteiger partial charge in [-0.2, -0.15) is 0 Å². The Morgan fingerprint density at radius 3 is 2.37 bits per heavy atom. The lowest BCUT2D eigenvalue weighted by Gasteiger charge is -2.23. The molecule has 9 heteroatoms. The molecule has 9 nitrogen and oxygen atoms in total. The zero-order valence-electron chi connectivity index (χ0n) is 13.5. The van der Waals surface area contributed by atoms with Gasteiger partial charge in [0.2, 0.25) is 17.7 Å². The van der Waals surface area contributed by atoms with Crippen LogP contribution in [0.5, 0.6) is 5.75 Å². The minimum atomic E-state index is -1.43. The van der Waals surface area contributed by atoms with Crippen LogP contribution >= 0.6 is 0 Å². The smallest absolute Gasteiger partial charge is 0.273 e. The fourth-order valence-electron chi connectivity index (χ4n) is 2.60. The Labute approximate surface area is 151 Å². The number of nitro groups is 1. The maximum Gasteiger partial charge on any atom is 0.273 e. The molecule has 2 aromatic heterocycles. The van der Waals surface area contributed by atoms with Gasteiger partial charge in [0.1, 0.15) is 11.4 Å². The molecule has 0 amide bonds. The van der Waals surface area contributed by atoms with Gasteiger partial charge in [0, 0.05) is 6.07 Å². The molecule has 1 aliphatic rings. The average molecular weight is 366 g/mol. The monoisotopic (exact) mass is 366 g/mol. The number of carbonyl (C=O) groups is 2. The normalized spacial score (nSPS) is 15.4. The van der Waals surface area contributed by atoms with Crippen LogP contribution in [0.15, 0.2) is 68.8 Å². The molecule has 27 heavy (non-hydrogen) atoms. The third kappa shape index (κ3) is 2.91. The zero-order chi connectivity index (χ0) is 19.0. The number of benzene rings is 1. The number of hydrogen-bond donors (Lipinski definition) is 0. The molecule has 0 bridgehead atoms. The molecule has 3 heterocycles. The minimum Gasteiger partial charge on any atom is -0.473 e. The molecule has 134 valence electrons. The summed E-state index contributed by atoms with van der Waals surface area (Å²) in [7, 11) is 0. The summed E-state index contributed by atoms with van der Waals surface area (Å²) in [6, 6.07) is 9.62. The summed E-state index contributed by atoms with van der Waals surface area (Å²) in [5.41, 5.74) is -0.235. The fourth-order valence-corrected chi connectivity index (χ4v) is 2.60. The van der Waals surface area contributed by atoms with E-state index in [1.807, 2.05) is 0 Å². The molecule has 4 rings (SSSR count). The van der Waals surface area contributed by atoms with E-state index >= 15 is 0 Å². The topological polar surface area (TPSA) is 125 Å². The Balaban J connectivity index is 1.81. The number of nitrogens with zero attached hydrogens (tertiary/aromatic N) is 2. The van der Waals surface area contributed by atoms with Crippen molar-refractivity contribution >= 4 is 28.7 Å². The maximum atomic E-state index is 12.8. The lowest BCUT2D eigenvalue weighted by molar-refractivity contribution is -0.384. The van der Waals surface area contributed by atoms with Crippen LogP contribution in [0.1, 0.15) is 21.1 Å². The molecule has 1 unspecified atom stereocenters. The molecule has 0 radical (unpaired) electrons. The SMILES string of the molecule is O=C(C1=Nc2ccc([N+](=O)[O-])cc2OC1C(=O)c1ccco1)c1ccco1. The Hall–Kier alpha value is -4.01. The summed E-state index contributed by atoms with van der Waals surface area (Å²) in [6.45, 7) is 0. The van der Waals surface area contributed by atoms with Crippen molar-refractivity contribution in [2.24, 2.45) is 4.99 Å². The molecule has 0 aliphatic carbocycles. The number of fused-ring (bicyclic) bond motifs is 1. The number of hydrogen-bond acceptors (Lipinski definition) is 8. The predicted molar refractivity (Wildman–Crippen MR) is 90.7 cm³/mol. The van der Waals surface area contributed by atoms with Crippen molar-refractivity contribution < 1.29 is 28.1 Å². The highest BCUT2D eigenvalue weighted by Gasteiger charge is 2.38. The molecule has 1 aliphatic heterocycles. The van der Waals surface area contributed by atoms with Crippen molar-refractivity contribution in [2.75, 3.05) is 0 Å². The van der Waals surface area contributed by atoms with Gasteiger partial charge in [-0.05, 0) is 30.3 Å². The zero-order valence-corrected chi connectivity index (χ0v) is 13.5. The number of nitro benzene ring substituents is 1.